The summed E-state index contributed by atoms with van der Waals surface area (Å²) < 4.78 is 0. The molecule has 0 heterocycles. The number of carbonyl (C=O) groups excluding carboxylic acids is 1. The van der Waals surface area contributed by atoms with Crippen molar-refractivity contribution < 1.29 is 14.7 Å². The van der Waals surface area contributed by atoms with Crippen LogP contribution in [-0.2, 0) is 9.59 Å². The number of hydrogen-bond donors (Lipinski definition) is 1. The Bertz CT molecular complexity index is 465. The molecule has 0 aliphatic heterocycles. The lowest BCUT2D eigenvalue weighted by Gasteiger charge is -1.98. The fraction of sp³-hybridized carbons (Fsp3) is 0.400. The van der Waals surface area contributed by atoms with Gasteiger partial charge in [0.2, 0.25) is 0 Å². The third kappa shape index (κ3) is 17.8. The van der Waals surface area contributed by atoms with E-state index in [0.29, 0.717) is 6.42 Å². The molecule has 0 atom stereocenters. The van der Waals surface area contributed by atoms with Crippen molar-refractivity contribution in [3.05, 3.63) is 60.8 Å². The van der Waals surface area contributed by atoms with Crippen molar-refractivity contribution in [1.29, 1.82) is 0 Å². The maximum absolute atomic E-state index is 11.6. The highest BCUT2D eigenvalue weighted by Crippen LogP contribution is 2.07. The number of unbranched alkanes of at least 4 members (excludes halogenated alkanes) is 5. The van der Waals surface area contributed by atoms with Gasteiger partial charge < -0.3 is 5.11 Å². The first-order chi connectivity index (χ1) is 11.2. The highest BCUT2D eigenvalue weighted by atomic mass is 16.4. The molecule has 0 radical (unpaired) electrons. The summed E-state index contributed by atoms with van der Waals surface area (Å²) in [7, 11) is 0. The lowest BCUT2D eigenvalue weighted by atomic mass is 10.1. The molecule has 0 aromatic carbocycles. The molecule has 0 amide bonds. The molecule has 0 rings (SSSR count). The molecule has 23 heavy (non-hydrogen) atoms. The largest absolute Gasteiger partial charge is 0.478 e. The summed E-state index contributed by atoms with van der Waals surface area (Å²) in [5.41, 5.74) is 0. The van der Waals surface area contributed by atoms with Crippen LogP contribution in [0.1, 0.15) is 51.9 Å². The van der Waals surface area contributed by atoms with Gasteiger partial charge in [-0.3, -0.25) is 4.79 Å². The molecular weight excluding hydrogens is 288 g/mol. The summed E-state index contributed by atoms with van der Waals surface area (Å²) in [5.74, 6) is -0.790. The van der Waals surface area contributed by atoms with Gasteiger partial charge >= 0.3 is 5.97 Å². The smallest absolute Gasteiger partial charge is 0.328 e. The summed E-state index contributed by atoms with van der Waals surface area (Å²) in [6, 6.07) is 0. The topological polar surface area (TPSA) is 54.4 Å². The van der Waals surface area contributed by atoms with Gasteiger partial charge in [-0.05, 0) is 12.5 Å². The molecule has 126 valence electrons. The van der Waals surface area contributed by atoms with Crippen LogP contribution in [0.2, 0.25) is 0 Å². The number of hydrogen-bond acceptors (Lipinski definition) is 2. The van der Waals surface area contributed by atoms with Crippen LogP contribution < -0.4 is 0 Å². The van der Waals surface area contributed by atoms with Gasteiger partial charge in [-0.15, -0.1) is 0 Å². The van der Waals surface area contributed by atoms with Gasteiger partial charge in [0, 0.05) is 12.5 Å². The van der Waals surface area contributed by atoms with Crippen molar-refractivity contribution in [3.8, 4) is 0 Å². The van der Waals surface area contributed by atoms with E-state index in [-0.39, 0.29) is 5.78 Å². The fourth-order valence-corrected chi connectivity index (χ4v) is 1.85. The van der Waals surface area contributed by atoms with E-state index in [1.807, 2.05) is 12.2 Å². The second-order valence-electron chi connectivity index (χ2n) is 5.20. The maximum Gasteiger partial charge on any atom is 0.328 e. The summed E-state index contributed by atoms with van der Waals surface area (Å²) in [5, 5.41) is 8.38. The van der Waals surface area contributed by atoms with Crippen molar-refractivity contribution in [2.75, 3.05) is 0 Å². The van der Waals surface area contributed by atoms with Crippen LogP contribution >= 0.6 is 0 Å². The van der Waals surface area contributed by atoms with Crippen molar-refractivity contribution in [3.63, 3.8) is 0 Å². The van der Waals surface area contributed by atoms with Crippen LogP contribution in [0.3, 0.4) is 0 Å². The normalized spacial score (nSPS) is 12.6. The van der Waals surface area contributed by atoms with Crippen molar-refractivity contribution >= 4 is 11.8 Å². The standard InChI is InChI=1S/C20H28O3/c1-2-3-4-5-10-13-16-19(21)17-14-11-8-6-7-9-12-15-18-20(22)23/h6-9,11-12,14-15,17-18H,2-5,10,13,16H2,1H3,(H,22,23). The Morgan fingerprint density at radius 3 is 1.74 bits per heavy atom. The Morgan fingerprint density at radius 1 is 0.696 bits per heavy atom. The zero-order valence-corrected chi connectivity index (χ0v) is 14.0. The van der Waals surface area contributed by atoms with Gasteiger partial charge in [-0.2, -0.15) is 0 Å². The van der Waals surface area contributed by atoms with E-state index in [2.05, 4.69) is 6.92 Å². The summed E-state index contributed by atoms with van der Waals surface area (Å²) >= 11 is 0. The van der Waals surface area contributed by atoms with E-state index in [0.717, 1.165) is 18.9 Å². The van der Waals surface area contributed by atoms with E-state index >= 15 is 0 Å². The lowest BCUT2D eigenvalue weighted by molar-refractivity contribution is -0.131. The molecule has 1 N–H and O–H groups in total. The molecule has 0 spiro atoms. The Balaban J connectivity index is 3.74. The van der Waals surface area contributed by atoms with Crippen LogP contribution in [0.5, 0.6) is 0 Å². The number of rotatable bonds is 13. The minimum absolute atomic E-state index is 0.174. The number of carbonyl (C=O) groups is 2. The van der Waals surface area contributed by atoms with Gasteiger partial charge in [0.15, 0.2) is 5.78 Å². The summed E-state index contributed by atoms with van der Waals surface area (Å²) in [6.45, 7) is 2.20. The van der Waals surface area contributed by atoms with Crippen LogP contribution in [0.4, 0.5) is 0 Å². The first-order valence-corrected chi connectivity index (χ1v) is 8.27. The Labute approximate surface area is 139 Å². The Kier molecular flexibility index (Phi) is 14.7. The minimum Gasteiger partial charge on any atom is -0.478 e. The molecule has 0 aliphatic rings. The molecule has 0 bridgehead atoms. The van der Waals surface area contributed by atoms with Crippen LogP contribution in [0.25, 0.3) is 0 Å². The van der Waals surface area contributed by atoms with Crippen LogP contribution in [0.15, 0.2) is 60.8 Å². The number of carboxylic acids is 1. The third-order valence-electron chi connectivity index (χ3n) is 3.08. The van der Waals surface area contributed by atoms with Crippen LogP contribution in [-0.4, -0.2) is 16.9 Å². The van der Waals surface area contributed by atoms with Gasteiger partial charge in [0.25, 0.3) is 0 Å². The average Bonchev–Trinajstić information content (AvgIpc) is 2.52. The summed E-state index contributed by atoms with van der Waals surface area (Å²) in [4.78, 5) is 21.8. The second kappa shape index (κ2) is 16.2. The van der Waals surface area contributed by atoms with E-state index in [9.17, 15) is 9.59 Å². The minimum atomic E-state index is -0.964. The Morgan fingerprint density at radius 2 is 1.17 bits per heavy atom. The summed E-state index contributed by atoms with van der Waals surface area (Å²) in [6.07, 6.45) is 24.3. The van der Waals surface area contributed by atoms with Crippen molar-refractivity contribution in [1.82, 2.24) is 0 Å². The predicted molar refractivity (Wildman–Crippen MR) is 96.3 cm³/mol. The first kappa shape index (κ1) is 20.8. The molecule has 0 saturated heterocycles. The predicted octanol–water partition coefficient (Wildman–Crippen LogP) is 5.17. The molecule has 0 saturated carbocycles. The lowest BCUT2D eigenvalue weighted by Crippen LogP contribution is -1.91. The van der Waals surface area contributed by atoms with Gasteiger partial charge in [0.05, 0.1) is 0 Å². The van der Waals surface area contributed by atoms with Gasteiger partial charge in [-0.1, -0.05) is 87.6 Å². The van der Waals surface area contributed by atoms with Crippen LogP contribution in [0, 0.1) is 0 Å². The molecule has 3 nitrogen and oxygen atoms in total. The first-order valence-electron chi connectivity index (χ1n) is 8.27. The maximum atomic E-state index is 11.6. The van der Waals surface area contributed by atoms with Gasteiger partial charge in [-0.25, -0.2) is 4.79 Å². The molecule has 0 fully saturated rings. The van der Waals surface area contributed by atoms with Crippen molar-refractivity contribution in [2.45, 2.75) is 51.9 Å². The third-order valence-corrected chi connectivity index (χ3v) is 3.08. The number of carboxylic acid groups (broad SMARTS) is 1. The van der Waals surface area contributed by atoms with E-state index < -0.39 is 5.97 Å². The number of ketones is 1. The molecule has 0 aromatic rings. The highest BCUT2D eigenvalue weighted by Gasteiger charge is 1.95. The molecular formula is C20H28O3. The molecule has 0 unspecified atom stereocenters. The second-order valence-corrected chi connectivity index (χ2v) is 5.20. The fourth-order valence-electron chi connectivity index (χ4n) is 1.85. The molecule has 3 heteroatoms. The zero-order chi connectivity index (χ0) is 17.2. The monoisotopic (exact) mass is 316 g/mol. The SMILES string of the molecule is CCCCCCCCC(=O)C=CC=CC=CC=CC=CC(=O)O. The highest BCUT2D eigenvalue weighted by molar-refractivity contribution is 5.89. The van der Waals surface area contributed by atoms with Crippen molar-refractivity contribution in [2.24, 2.45) is 0 Å². The Hall–Kier alpha value is -2.16. The van der Waals surface area contributed by atoms with E-state index in [1.54, 1.807) is 36.5 Å². The molecule has 0 aromatic heterocycles. The number of allylic oxidation sites excluding steroid dienone is 9. The molecule has 0 aliphatic carbocycles. The number of aliphatic carboxylic acids is 1. The van der Waals surface area contributed by atoms with E-state index in [1.165, 1.54) is 31.8 Å². The van der Waals surface area contributed by atoms with Gasteiger partial charge in [0.1, 0.15) is 0 Å². The zero-order valence-electron chi connectivity index (χ0n) is 14.0. The average molecular weight is 316 g/mol. The van der Waals surface area contributed by atoms with E-state index in [4.69, 9.17) is 5.11 Å². The quantitative estimate of drug-likeness (QED) is 0.290.